The van der Waals surface area contributed by atoms with Crippen LogP contribution < -0.4 is 0 Å². The molecule has 1 saturated heterocycles. The molecule has 0 unspecified atom stereocenters. The van der Waals surface area contributed by atoms with Gasteiger partial charge in [0.05, 0.1) is 5.56 Å². The lowest BCUT2D eigenvalue weighted by molar-refractivity contribution is -0.130. The summed E-state index contributed by atoms with van der Waals surface area (Å²) in [5.41, 5.74) is 0.458. The molecule has 2 rings (SSSR count). The van der Waals surface area contributed by atoms with E-state index in [1.807, 2.05) is 0 Å². The Bertz CT molecular complexity index is 548. The zero-order chi connectivity index (χ0) is 14.7. The van der Waals surface area contributed by atoms with E-state index in [2.05, 4.69) is 0 Å². The van der Waals surface area contributed by atoms with Gasteiger partial charge >= 0.3 is 5.97 Å². The minimum Gasteiger partial charge on any atom is -0.478 e. The number of piperazine rings is 1. The molecule has 6 heteroatoms. The maximum absolute atomic E-state index is 12.3. The van der Waals surface area contributed by atoms with Crippen molar-refractivity contribution in [3.8, 4) is 0 Å². The third-order valence-corrected chi connectivity index (χ3v) is 3.37. The number of hydrogen-bond donors (Lipinski definition) is 1. The summed E-state index contributed by atoms with van der Waals surface area (Å²) in [5.74, 6) is -1.25. The van der Waals surface area contributed by atoms with E-state index in [-0.39, 0.29) is 17.4 Å². The third-order valence-electron chi connectivity index (χ3n) is 3.37. The summed E-state index contributed by atoms with van der Waals surface area (Å²) in [5, 5.41) is 8.93. The molecule has 0 radical (unpaired) electrons. The number of hydrogen-bond acceptors (Lipinski definition) is 3. The van der Waals surface area contributed by atoms with Crippen molar-refractivity contribution in [3.63, 3.8) is 0 Å². The van der Waals surface area contributed by atoms with E-state index < -0.39 is 5.97 Å². The molecule has 0 spiro atoms. The number of rotatable bonds is 2. The molecule has 20 heavy (non-hydrogen) atoms. The molecule has 0 atom stereocenters. The van der Waals surface area contributed by atoms with E-state index in [0.717, 1.165) is 0 Å². The van der Waals surface area contributed by atoms with Crippen molar-refractivity contribution >= 4 is 17.8 Å². The van der Waals surface area contributed by atoms with Crippen LogP contribution in [-0.4, -0.2) is 58.9 Å². The molecule has 0 aromatic heterocycles. The first kappa shape index (κ1) is 14.0. The topological polar surface area (TPSA) is 77.9 Å². The molecular formula is C14H16N2O4. The standard InChI is InChI=1S/C14H16N2O4/c1-10(17)15-5-7-16(8-6-15)13(18)11-3-2-4-12(9-11)14(19)20/h2-4,9H,5-8H2,1H3,(H,19,20). The number of carboxylic acids is 1. The van der Waals surface area contributed by atoms with Gasteiger partial charge in [-0.05, 0) is 18.2 Å². The highest BCUT2D eigenvalue weighted by atomic mass is 16.4. The van der Waals surface area contributed by atoms with Gasteiger partial charge in [-0.1, -0.05) is 6.07 Å². The van der Waals surface area contributed by atoms with Crippen LogP contribution >= 0.6 is 0 Å². The van der Waals surface area contributed by atoms with E-state index in [9.17, 15) is 14.4 Å². The lowest BCUT2D eigenvalue weighted by Gasteiger charge is -2.34. The van der Waals surface area contributed by atoms with E-state index >= 15 is 0 Å². The summed E-state index contributed by atoms with van der Waals surface area (Å²) < 4.78 is 0. The molecule has 1 heterocycles. The average molecular weight is 276 g/mol. The van der Waals surface area contributed by atoms with Crippen molar-refractivity contribution in [2.24, 2.45) is 0 Å². The number of carbonyl (C=O) groups is 3. The van der Waals surface area contributed by atoms with Crippen LogP contribution in [-0.2, 0) is 4.79 Å². The van der Waals surface area contributed by atoms with E-state index in [1.165, 1.54) is 19.1 Å². The summed E-state index contributed by atoms with van der Waals surface area (Å²) in [7, 11) is 0. The fraction of sp³-hybridized carbons (Fsp3) is 0.357. The molecule has 1 aromatic rings. The summed E-state index contributed by atoms with van der Waals surface area (Å²) in [6, 6.07) is 5.99. The second-order valence-corrected chi connectivity index (χ2v) is 4.68. The molecule has 1 N–H and O–H groups in total. The molecule has 106 valence electrons. The Kier molecular flexibility index (Phi) is 4.02. The second-order valence-electron chi connectivity index (χ2n) is 4.68. The van der Waals surface area contributed by atoms with Crippen LogP contribution in [0.2, 0.25) is 0 Å². The fourth-order valence-electron chi connectivity index (χ4n) is 2.19. The summed E-state index contributed by atoms with van der Waals surface area (Å²) in [6.07, 6.45) is 0. The first-order valence-electron chi connectivity index (χ1n) is 6.37. The Balaban J connectivity index is 2.07. The minimum atomic E-state index is -1.05. The third kappa shape index (κ3) is 2.96. The maximum Gasteiger partial charge on any atom is 0.335 e. The minimum absolute atomic E-state index is 0.00461. The highest BCUT2D eigenvalue weighted by Crippen LogP contribution is 2.11. The zero-order valence-corrected chi connectivity index (χ0v) is 11.2. The molecule has 6 nitrogen and oxygen atoms in total. The SMILES string of the molecule is CC(=O)N1CCN(C(=O)c2cccc(C(=O)O)c2)CC1. The van der Waals surface area contributed by atoms with Gasteiger partial charge in [0.15, 0.2) is 0 Å². The molecule has 2 amide bonds. The van der Waals surface area contributed by atoms with Crippen LogP contribution in [0.25, 0.3) is 0 Å². The van der Waals surface area contributed by atoms with Crippen molar-refractivity contribution in [1.29, 1.82) is 0 Å². The summed E-state index contributed by atoms with van der Waals surface area (Å²) in [6.45, 7) is 3.47. The largest absolute Gasteiger partial charge is 0.478 e. The molecule has 0 aliphatic carbocycles. The van der Waals surface area contributed by atoms with Crippen molar-refractivity contribution in [2.75, 3.05) is 26.2 Å². The monoisotopic (exact) mass is 276 g/mol. The number of benzene rings is 1. The molecule has 1 aliphatic heterocycles. The number of aromatic carboxylic acids is 1. The predicted molar refractivity (Wildman–Crippen MR) is 71.6 cm³/mol. The van der Waals surface area contributed by atoms with Gasteiger partial charge in [-0.15, -0.1) is 0 Å². The van der Waals surface area contributed by atoms with Gasteiger partial charge in [-0.3, -0.25) is 9.59 Å². The Morgan fingerprint density at radius 3 is 2.10 bits per heavy atom. The van der Waals surface area contributed by atoms with Gasteiger partial charge in [-0.25, -0.2) is 4.79 Å². The van der Waals surface area contributed by atoms with Gasteiger partial charge in [0.25, 0.3) is 5.91 Å². The van der Waals surface area contributed by atoms with E-state index in [4.69, 9.17) is 5.11 Å². The molecular weight excluding hydrogens is 260 g/mol. The molecule has 0 bridgehead atoms. The Labute approximate surface area is 116 Å². The van der Waals surface area contributed by atoms with E-state index in [1.54, 1.807) is 21.9 Å². The summed E-state index contributed by atoms with van der Waals surface area (Å²) >= 11 is 0. The van der Waals surface area contributed by atoms with E-state index in [0.29, 0.717) is 31.7 Å². The quantitative estimate of drug-likeness (QED) is 0.862. The van der Waals surface area contributed by atoms with Crippen molar-refractivity contribution in [1.82, 2.24) is 9.80 Å². The Morgan fingerprint density at radius 2 is 1.55 bits per heavy atom. The van der Waals surface area contributed by atoms with Gasteiger partial charge in [0, 0.05) is 38.7 Å². The number of nitrogens with zero attached hydrogens (tertiary/aromatic N) is 2. The van der Waals surface area contributed by atoms with Crippen molar-refractivity contribution < 1.29 is 19.5 Å². The lowest BCUT2D eigenvalue weighted by Crippen LogP contribution is -2.50. The van der Waals surface area contributed by atoms with Crippen LogP contribution in [0.4, 0.5) is 0 Å². The van der Waals surface area contributed by atoms with Crippen LogP contribution in [0, 0.1) is 0 Å². The first-order chi connectivity index (χ1) is 9.49. The van der Waals surface area contributed by atoms with Gasteiger partial charge in [0.1, 0.15) is 0 Å². The maximum atomic E-state index is 12.3. The lowest BCUT2D eigenvalue weighted by atomic mass is 10.1. The van der Waals surface area contributed by atoms with Crippen molar-refractivity contribution in [3.05, 3.63) is 35.4 Å². The molecule has 0 saturated carbocycles. The molecule has 1 aromatic carbocycles. The van der Waals surface area contributed by atoms with Crippen LogP contribution in [0.5, 0.6) is 0 Å². The highest BCUT2D eigenvalue weighted by molar-refractivity contribution is 5.97. The molecule has 1 fully saturated rings. The van der Waals surface area contributed by atoms with Crippen LogP contribution in [0.3, 0.4) is 0 Å². The van der Waals surface area contributed by atoms with Crippen LogP contribution in [0.15, 0.2) is 24.3 Å². The number of carbonyl (C=O) groups excluding carboxylic acids is 2. The van der Waals surface area contributed by atoms with Crippen molar-refractivity contribution in [2.45, 2.75) is 6.92 Å². The Morgan fingerprint density at radius 1 is 1.00 bits per heavy atom. The zero-order valence-electron chi connectivity index (χ0n) is 11.2. The smallest absolute Gasteiger partial charge is 0.335 e. The van der Waals surface area contributed by atoms with Gasteiger partial charge in [-0.2, -0.15) is 0 Å². The number of amides is 2. The first-order valence-corrected chi connectivity index (χ1v) is 6.37. The van der Waals surface area contributed by atoms with Gasteiger partial charge in [0.2, 0.25) is 5.91 Å². The van der Waals surface area contributed by atoms with Gasteiger partial charge < -0.3 is 14.9 Å². The second kappa shape index (κ2) is 5.73. The average Bonchev–Trinajstić information content (AvgIpc) is 2.46. The normalized spacial score (nSPS) is 15.1. The fourth-order valence-corrected chi connectivity index (χ4v) is 2.19. The predicted octanol–water partition coefficient (Wildman–Crippen LogP) is 0.689. The molecule has 1 aliphatic rings. The number of carboxylic acid groups (broad SMARTS) is 1. The summed E-state index contributed by atoms with van der Waals surface area (Å²) in [4.78, 5) is 37.7. The van der Waals surface area contributed by atoms with Crippen LogP contribution in [0.1, 0.15) is 27.6 Å². The highest BCUT2D eigenvalue weighted by Gasteiger charge is 2.23. The Hall–Kier alpha value is -2.37.